The third kappa shape index (κ3) is 3.26. The lowest BCUT2D eigenvalue weighted by molar-refractivity contribution is 0.400. The number of aryl methyl sites for hydroxylation is 3. The van der Waals surface area contributed by atoms with E-state index in [0.29, 0.717) is 28.2 Å². The SMILES string of the molecule is Cc1cc(Nc2ncnc(Oc3cc(C)c(Cl)c(C)c3)c2N)no1. The lowest BCUT2D eigenvalue weighted by Gasteiger charge is -2.12. The van der Waals surface area contributed by atoms with Crippen LogP contribution in [-0.2, 0) is 0 Å². The van der Waals surface area contributed by atoms with E-state index in [2.05, 4.69) is 20.4 Å². The van der Waals surface area contributed by atoms with Crippen molar-refractivity contribution in [2.45, 2.75) is 20.8 Å². The Labute approximate surface area is 143 Å². The summed E-state index contributed by atoms with van der Waals surface area (Å²) >= 11 is 6.17. The molecule has 2 heterocycles. The maximum Gasteiger partial charge on any atom is 0.248 e. The molecule has 0 aliphatic rings. The van der Waals surface area contributed by atoms with Gasteiger partial charge in [-0.15, -0.1) is 0 Å². The monoisotopic (exact) mass is 345 g/mol. The predicted octanol–water partition coefficient (Wildman–Crippen LogP) is 4.16. The number of benzene rings is 1. The van der Waals surface area contributed by atoms with Gasteiger partial charge in [0, 0.05) is 11.1 Å². The highest BCUT2D eigenvalue weighted by Gasteiger charge is 2.13. The molecule has 0 bridgehead atoms. The Kier molecular flexibility index (Phi) is 4.26. The van der Waals surface area contributed by atoms with Crippen LogP contribution >= 0.6 is 11.6 Å². The van der Waals surface area contributed by atoms with Gasteiger partial charge in [0.1, 0.15) is 23.5 Å². The highest BCUT2D eigenvalue weighted by molar-refractivity contribution is 6.32. The molecule has 3 aromatic rings. The third-order valence-electron chi connectivity index (χ3n) is 3.35. The van der Waals surface area contributed by atoms with Gasteiger partial charge in [-0.2, -0.15) is 4.98 Å². The normalized spacial score (nSPS) is 10.7. The largest absolute Gasteiger partial charge is 0.437 e. The van der Waals surface area contributed by atoms with Crippen molar-refractivity contribution in [1.82, 2.24) is 15.1 Å². The number of nitrogen functional groups attached to an aromatic ring is 1. The van der Waals surface area contributed by atoms with Gasteiger partial charge in [0.2, 0.25) is 5.88 Å². The fourth-order valence-electron chi connectivity index (χ4n) is 2.18. The van der Waals surface area contributed by atoms with Crippen molar-refractivity contribution in [2.24, 2.45) is 0 Å². The maximum absolute atomic E-state index is 6.17. The van der Waals surface area contributed by atoms with Gasteiger partial charge in [-0.05, 0) is 44.0 Å². The minimum Gasteiger partial charge on any atom is -0.437 e. The van der Waals surface area contributed by atoms with Crippen molar-refractivity contribution in [3.63, 3.8) is 0 Å². The number of hydrogen-bond donors (Lipinski definition) is 2. The van der Waals surface area contributed by atoms with Gasteiger partial charge in [-0.3, -0.25) is 0 Å². The summed E-state index contributed by atoms with van der Waals surface area (Å²) in [5, 5.41) is 7.52. The second kappa shape index (κ2) is 6.37. The molecular formula is C16H16ClN5O2. The Bertz CT molecular complexity index is 871. The van der Waals surface area contributed by atoms with Crippen LogP contribution in [0.4, 0.5) is 17.3 Å². The molecule has 7 nitrogen and oxygen atoms in total. The first kappa shape index (κ1) is 16.1. The Morgan fingerprint density at radius 3 is 2.46 bits per heavy atom. The van der Waals surface area contributed by atoms with Crippen molar-refractivity contribution in [3.8, 4) is 11.6 Å². The molecule has 0 unspecified atom stereocenters. The molecule has 3 rings (SSSR count). The molecular weight excluding hydrogens is 330 g/mol. The van der Waals surface area contributed by atoms with Crippen LogP contribution in [0.25, 0.3) is 0 Å². The Hall–Kier alpha value is -2.80. The highest BCUT2D eigenvalue weighted by atomic mass is 35.5. The molecule has 0 radical (unpaired) electrons. The van der Waals surface area contributed by atoms with Crippen LogP contribution in [0.3, 0.4) is 0 Å². The summed E-state index contributed by atoms with van der Waals surface area (Å²) in [5.41, 5.74) is 8.19. The Balaban J connectivity index is 1.88. The zero-order valence-electron chi connectivity index (χ0n) is 13.4. The van der Waals surface area contributed by atoms with Crippen molar-refractivity contribution in [3.05, 3.63) is 46.4 Å². The molecule has 3 N–H and O–H groups in total. The molecule has 0 amide bonds. The summed E-state index contributed by atoms with van der Waals surface area (Å²) in [6.45, 7) is 5.61. The number of halogens is 1. The second-order valence-corrected chi connectivity index (χ2v) is 5.74. The van der Waals surface area contributed by atoms with Gasteiger partial charge in [0.05, 0.1) is 0 Å². The molecule has 1 aromatic carbocycles. The molecule has 124 valence electrons. The van der Waals surface area contributed by atoms with Crippen molar-refractivity contribution < 1.29 is 9.26 Å². The number of aromatic nitrogens is 3. The predicted molar refractivity (Wildman–Crippen MR) is 92.0 cm³/mol. The first-order chi connectivity index (χ1) is 11.4. The van der Waals surface area contributed by atoms with E-state index in [-0.39, 0.29) is 11.6 Å². The minimum atomic E-state index is 0.244. The molecule has 0 spiro atoms. The molecule has 8 heteroatoms. The number of nitrogens with two attached hydrogens (primary N) is 1. The zero-order chi connectivity index (χ0) is 17.3. The van der Waals surface area contributed by atoms with Gasteiger partial charge in [-0.1, -0.05) is 16.8 Å². The summed E-state index contributed by atoms with van der Waals surface area (Å²) in [6, 6.07) is 5.38. The van der Waals surface area contributed by atoms with Gasteiger partial charge in [0.15, 0.2) is 11.6 Å². The van der Waals surface area contributed by atoms with E-state index in [0.717, 1.165) is 11.1 Å². The smallest absolute Gasteiger partial charge is 0.248 e. The third-order valence-corrected chi connectivity index (χ3v) is 3.94. The average molecular weight is 346 g/mol. The number of rotatable bonds is 4. The van der Waals surface area contributed by atoms with Crippen molar-refractivity contribution in [1.29, 1.82) is 0 Å². The second-order valence-electron chi connectivity index (χ2n) is 5.36. The standard InChI is InChI=1S/C16H16ClN5O2/c1-8-4-11(5-9(2)13(8)17)23-16-14(18)15(19-7-20-16)21-12-6-10(3)24-22-12/h4-7H,18H2,1-3H3,(H,19,20,21,22). The summed E-state index contributed by atoms with van der Waals surface area (Å²) in [6.07, 6.45) is 1.36. The topological polar surface area (TPSA) is 99.1 Å². The number of ether oxygens (including phenoxy) is 1. The lowest BCUT2D eigenvalue weighted by atomic mass is 10.1. The van der Waals surface area contributed by atoms with E-state index in [1.165, 1.54) is 6.33 Å². The van der Waals surface area contributed by atoms with Crippen LogP contribution in [0.15, 0.2) is 29.0 Å². The molecule has 0 atom stereocenters. The van der Waals surface area contributed by atoms with Crippen LogP contribution in [0, 0.1) is 20.8 Å². The highest BCUT2D eigenvalue weighted by Crippen LogP contribution is 2.33. The average Bonchev–Trinajstić information content (AvgIpc) is 2.94. The number of anilines is 3. The fraction of sp³-hybridized carbons (Fsp3) is 0.188. The van der Waals surface area contributed by atoms with Gasteiger partial charge in [0.25, 0.3) is 0 Å². The van der Waals surface area contributed by atoms with E-state index in [9.17, 15) is 0 Å². The summed E-state index contributed by atoms with van der Waals surface area (Å²) in [4.78, 5) is 8.19. The summed E-state index contributed by atoms with van der Waals surface area (Å²) in [5.74, 6) is 2.41. The van der Waals surface area contributed by atoms with Crippen LogP contribution < -0.4 is 15.8 Å². The van der Waals surface area contributed by atoms with E-state index >= 15 is 0 Å². The Morgan fingerprint density at radius 2 is 1.83 bits per heavy atom. The maximum atomic E-state index is 6.17. The quantitative estimate of drug-likeness (QED) is 0.732. The molecule has 0 saturated carbocycles. The van der Waals surface area contributed by atoms with Crippen LogP contribution in [-0.4, -0.2) is 15.1 Å². The zero-order valence-corrected chi connectivity index (χ0v) is 14.2. The number of hydrogen-bond acceptors (Lipinski definition) is 7. The summed E-state index contributed by atoms with van der Waals surface area (Å²) in [7, 11) is 0. The Morgan fingerprint density at radius 1 is 1.12 bits per heavy atom. The minimum absolute atomic E-state index is 0.244. The van der Waals surface area contributed by atoms with Gasteiger partial charge < -0.3 is 20.3 Å². The van der Waals surface area contributed by atoms with E-state index in [1.54, 1.807) is 13.0 Å². The van der Waals surface area contributed by atoms with E-state index in [1.807, 2.05) is 26.0 Å². The lowest BCUT2D eigenvalue weighted by Crippen LogP contribution is -2.03. The van der Waals surface area contributed by atoms with Crippen molar-refractivity contribution >= 4 is 28.9 Å². The molecule has 2 aromatic heterocycles. The van der Waals surface area contributed by atoms with E-state index in [4.69, 9.17) is 26.6 Å². The molecule has 0 saturated heterocycles. The van der Waals surface area contributed by atoms with Crippen LogP contribution in [0.2, 0.25) is 5.02 Å². The van der Waals surface area contributed by atoms with Crippen molar-refractivity contribution in [2.75, 3.05) is 11.1 Å². The summed E-state index contributed by atoms with van der Waals surface area (Å²) < 4.78 is 10.8. The molecule has 0 aliphatic heterocycles. The first-order valence-corrected chi connectivity index (χ1v) is 7.57. The van der Waals surface area contributed by atoms with Crippen LogP contribution in [0.1, 0.15) is 16.9 Å². The molecule has 24 heavy (non-hydrogen) atoms. The van der Waals surface area contributed by atoms with Gasteiger partial charge >= 0.3 is 0 Å². The fourth-order valence-corrected chi connectivity index (χ4v) is 2.29. The van der Waals surface area contributed by atoms with Crippen LogP contribution in [0.5, 0.6) is 11.6 Å². The number of nitrogens with zero attached hydrogens (tertiary/aromatic N) is 3. The van der Waals surface area contributed by atoms with Gasteiger partial charge in [-0.25, -0.2) is 4.98 Å². The molecule has 0 aliphatic carbocycles. The molecule has 0 fully saturated rings. The van der Waals surface area contributed by atoms with E-state index < -0.39 is 0 Å². The first-order valence-electron chi connectivity index (χ1n) is 7.19. The number of nitrogens with one attached hydrogen (secondary N) is 1.